The number of nitrogens with zero attached hydrogens (tertiary/aromatic N) is 1. The Labute approximate surface area is 80.2 Å². The Balaban J connectivity index is 2.78. The highest BCUT2D eigenvalue weighted by molar-refractivity contribution is 6.52. The predicted octanol–water partition coefficient (Wildman–Crippen LogP) is 0.694. The summed E-state index contributed by atoms with van der Waals surface area (Å²) in [5, 5.41) is -0.670. The molecule has 1 aliphatic rings. The molecule has 1 atom stereocenters. The highest BCUT2D eigenvalue weighted by Gasteiger charge is 2.23. The van der Waals surface area contributed by atoms with Gasteiger partial charge in [0.25, 0.3) is 5.91 Å². The van der Waals surface area contributed by atoms with Crippen molar-refractivity contribution in [1.29, 1.82) is 0 Å². The number of aliphatic imine (C=N–C) groups is 1. The number of allylic oxidation sites excluding steroid dienone is 1. The number of hydrogen-bond donors (Lipinski definition) is 0. The second-order valence-corrected chi connectivity index (χ2v) is 2.79. The van der Waals surface area contributed by atoms with Crippen molar-refractivity contribution in [1.82, 2.24) is 0 Å². The van der Waals surface area contributed by atoms with Crippen molar-refractivity contribution in [3.05, 3.63) is 12.2 Å². The van der Waals surface area contributed by atoms with E-state index in [0.29, 0.717) is 0 Å². The molecule has 0 N–H and O–H groups in total. The summed E-state index contributed by atoms with van der Waals surface area (Å²) in [5.74, 6) is -1.12. The number of rotatable bonds is 2. The van der Waals surface area contributed by atoms with Gasteiger partial charge in [0.05, 0.1) is 6.61 Å². The fourth-order valence-electron chi connectivity index (χ4n) is 0.839. The van der Waals surface area contributed by atoms with E-state index in [-0.39, 0.29) is 12.3 Å². The van der Waals surface area contributed by atoms with Crippen LogP contribution in [0.3, 0.4) is 0 Å². The first-order chi connectivity index (χ1) is 6.15. The Morgan fingerprint density at radius 2 is 2.46 bits per heavy atom. The highest BCUT2D eigenvalue weighted by Crippen LogP contribution is 2.08. The first-order valence-electron chi connectivity index (χ1n) is 3.77. The first kappa shape index (κ1) is 9.92. The molecule has 0 aliphatic carbocycles. The van der Waals surface area contributed by atoms with E-state index in [2.05, 4.69) is 9.73 Å². The van der Waals surface area contributed by atoms with Crippen LogP contribution in [-0.2, 0) is 14.3 Å². The van der Waals surface area contributed by atoms with Gasteiger partial charge in [-0.2, -0.15) is 0 Å². The summed E-state index contributed by atoms with van der Waals surface area (Å²) in [6, 6.07) is 0. The number of carbonyl (C=O) groups is 2. The molecular formula is C8H8ClNO3. The van der Waals surface area contributed by atoms with Crippen LogP contribution in [-0.4, -0.2) is 29.6 Å². The third-order valence-electron chi connectivity index (χ3n) is 1.38. The third-order valence-corrected chi connectivity index (χ3v) is 1.74. The Hall–Kier alpha value is -1.16. The second-order valence-electron chi connectivity index (χ2n) is 2.32. The molecule has 1 amide bonds. The van der Waals surface area contributed by atoms with Crippen molar-refractivity contribution in [2.45, 2.75) is 12.3 Å². The molecule has 0 aromatic rings. The molecule has 70 valence electrons. The summed E-state index contributed by atoms with van der Waals surface area (Å²) >= 11 is 5.71. The van der Waals surface area contributed by atoms with Crippen LogP contribution in [0.4, 0.5) is 0 Å². The molecule has 0 aromatic heterocycles. The summed E-state index contributed by atoms with van der Waals surface area (Å²) in [4.78, 5) is 25.4. The Kier molecular flexibility index (Phi) is 3.19. The molecule has 13 heavy (non-hydrogen) atoms. The number of dihydropyridines is 1. The highest BCUT2D eigenvalue weighted by atomic mass is 35.5. The van der Waals surface area contributed by atoms with E-state index >= 15 is 0 Å². The third kappa shape index (κ3) is 2.39. The molecule has 0 saturated carbocycles. The second kappa shape index (κ2) is 4.18. The molecule has 0 fully saturated rings. The van der Waals surface area contributed by atoms with E-state index in [4.69, 9.17) is 11.6 Å². The molecule has 1 rings (SSSR count). The lowest BCUT2D eigenvalue weighted by Crippen LogP contribution is -2.28. The van der Waals surface area contributed by atoms with Crippen LogP contribution < -0.4 is 0 Å². The molecule has 1 heterocycles. The number of esters is 1. The standard InChI is InChI=1S/C8H8ClNO3/c1-2-13-8(12)7-5(9)3-4-6(11)10-7/h3-5H,2H2,1H3. The van der Waals surface area contributed by atoms with Gasteiger partial charge in [0.2, 0.25) is 0 Å². The van der Waals surface area contributed by atoms with Crippen LogP contribution in [0.25, 0.3) is 0 Å². The van der Waals surface area contributed by atoms with Crippen LogP contribution in [0.15, 0.2) is 17.1 Å². The summed E-state index contributed by atoms with van der Waals surface area (Å²) in [7, 11) is 0. The number of alkyl halides is 1. The van der Waals surface area contributed by atoms with Crippen molar-refractivity contribution in [3.8, 4) is 0 Å². The van der Waals surface area contributed by atoms with Gasteiger partial charge in [0, 0.05) is 6.08 Å². The number of carbonyl (C=O) groups excluding carboxylic acids is 2. The molecule has 1 aliphatic heterocycles. The van der Waals surface area contributed by atoms with Gasteiger partial charge >= 0.3 is 5.97 Å². The maximum Gasteiger partial charge on any atom is 0.354 e. The average molecular weight is 202 g/mol. The largest absolute Gasteiger partial charge is 0.461 e. The Bertz CT molecular complexity index is 296. The first-order valence-corrected chi connectivity index (χ1v) is 4.20. The Morgan fingerprint density at radius 1 is 1.77 bits per heavy atom. The topological polar surface area (TPSA) is 55.7 Å². The normalized spacial score (nSPS) is 21.2. The predicted molar refractivity (Wildman–Crippen MR) is 47.9 cm³/mol. The molecule has 0 saturated heterocycles. The molecule has 0 aromatic carbocycles. The summed E-state index contributed by atoms with van der Waals surface area (Å²) in [5.41, 5.74) is -0.0454. The SMILES string of the molecule is CCOC(=O)C1=NC(=O)C=CC1Cl. The van der Waals surface area contributed by atoms with Crippen molar-refractivity contribution in [2.24, 2.45) is 4.99 Å². The summed E-state index contributed by atoms with van der Waals surface area (Å²) in [6.45, 7) is 1.90. The minimum atomic E-state index is -0.670. The molecule has 0 spiro atoms. The molecule has 4 nitrogen and oxygen atoms in total. The van der Waals surface area contributed by atoms with E-state index in [1.54, 1.807) is 6.92 Å². The number of amides is 1. The van der Waals surface area contributed by atoms with Crippen molar-refractivity contribution in [3.63, 3.8) is 0 Å². The zero-order chi connectivity index (χ0) is 9.84. The molecule has 0 radical (unpaired) electrons. The summed E-state index contributed by atoms with van der Waals surface area (Å²) in [6.07, 6.45) is 2.63. The van der Waals surface area contributed by atoms with Crippen molar-refractivity contribution < 1.29 is 14.3 Å². The number of halogens is 1. The maximum absolute atomic E-state index is 11.1. The van der Waals surface area contributed by atoms with Gasteiger partial charge in [-0.25, -0.2) is 9.79 Å². The monoisotopic (exact) mass is 201 g/mol. The lowest BCUT2D eigenvalue weighted by Gasteiger charge is -2.10. The van der Waals surface area contributed by atoms with Crippen LogP contribution in [0.1, 0.15) is 6.92 Å². The molecule has 0 bridgehead atoms. The van der Waals surface area contributed by atoms with Crippen LogP contribution >= 0.6 is 11.6 Å². The van der Waals surface area contributed by atoms with Gasteiger partial charge in [-0.1, -0.05) is 6.08 Å². The molecule has 5 heteroatoms. The van der Waals surface area contributed by atoms with E-state index in [0.717, 1.165) is 0 Å². The van der Waals surface area contributed by atoms with E-state index in [9.17, 15) is 9.59 Å². The Morgan fingerprint density at radius 3 is 3.08 bits per heavy atom. The minimum Gasteiger partial charge on any atom is -0.461 e. The van der Waals surface area contributed by atoms with Gasteiger partial charge in [0.1, 0.15) is 5.38 Å². The van der Waals surface area contributed by atoms with Crippen LogP contribution in [0.5, 0.6) is 0 Å². The van der Waals surface area contributed by atoms with E-state index in [1.807, 2.05) is 0 Å². The zero-order valence-electron chi connectivity index (χ0n) is 6.99. The quantitative estimate of drug-likeness (QED) is 0.488. The fourth-order valence-corrected chi connectivity index (χ4v) is 1.05. The number of ether oxygens (including phenoxy) is 1. The average Bonchev–Trinajstić information content (AvgIpc) is 2.09. The molecular weight excluding hydrogens is 194 g/mol. The van der Waals surface area contributed by atoms with Crippen molar-refractivity contribution in [2.75, 3.05) is 6.61 Å². The fraction of sp³-hybridized carbons (Fsp3) is 0.375. The zero-order valence-corrected chi connectivity index (χ0v) is 7.75. The lowest BCUT2D eigenvalue weighted by atomic mass is 10.2. The summed E-state index contributed by atoms with van der Waals surface area (Å²) < 4.78 is 4.66. The van der Waals surface area contributed by atoms with Gasteiger partial charge in [-0.3, -0.25) is 4.79 Å². The van der Waals surface area contributed by atoms with Gasteiger partial charge < -0.3 is 4.74 Å². The lowest BCUT2D eigenvalue weighted by molar-refractivity contribution is -0.135. The van der Waals surface area contributed by atoms with Gasteiger partial charge in [-0.05, 0) is 6.92 Å². The number of hydrogen-bond acceptors (Lipinski definition) is 3. The van der Waals surface area contributed by atoms with Gasteiger partial charge in [-0.15, -0.1) is 11.6 Å². The maximum atomic E-state index is 11.1. The van der Waals surface area contributed by atoms with E-state index < -0.39 is 17.3 Å². The van der Waals surface area contributed by atoms with Crippen LogP contribution in [0.2, 0.25) is 0 Å². The van der Waals surface area contributed by atoms with E-state index in [1.165, 1.54) is 12.2 Å². The van der Waals surface area contributed by atoms with Crippen LogP contribution in [0, 0.1) is 0 Å². The smallest absolute Gasteiger partial charge is 0.354 e. The minimum absolute atomic E-state index is 0.0454. The van der Waals surface area contributed by atoms with Crippen molar-refractivity contribution >= 4 is 29.2 Å². The molecule has 1 unspecified atom stereocenters. The van der Waals surface area contributed by atoms with Gasteiger partial charge in [0.15, 0.2) is 5.71 Å².